The summed E-state index contributed by atoms with van der Waals surface area (Å²) in [5, 5.41) is 1.11. The van der Waals surface area contributed by atoms with Gasteiger partial charge in [0.15, 0.2) is 11.5 Å². The fourth-order valence-electron chi connectivity index (χ4n) is 3.55. The number of hydrogen-bond acceptors (Lipinski definition) is 6. The Morgan fingerprint density at radius 3 is 2.85 bits per heavy atom. The standard InChI is InChI=1S/C23H20Cl2INO4S2/c1-29-19-8-13(7-18(26)21(19)31-12-14-4-5-15(24)10-17(14)25)9-20-22(28)27(23(32)33-20)11-16-3-2-6-30-16/h4-5,7-10,16H,2-3,6,11-12H2,1H3/b20-9-/t16-/m1/s1. The van der Waals surface area contributed by atoms with Gasteiger partial charge in [0.1, 0.15) is 10.9 Å². The van der Waals surface area contributed by atoms with Gasteiger partial charge in [-0.15, -0.1) is 0 Å². The monoisotopic (exact) mass is 635 g/mol. The number of benzene rings is 2. The third kappa shape index (κ3) is 5.97. The van der Waals surface area contributed by atoms with Crippen LogP contribution in [0.4, 0.5) is 0 Å². The number of rotatable bonds is 7. The summed E-state index contributed by atoms with van der Waals surface area (Å²) in [5.74, 6) is 1.08. The van der Waals surface area contributed by atoms with Crippen molar-refractivity contribution in [3.63, 3.8) is 0 Å². The zero-order valence-corrected chi connectivity index (χ0v) is 22.9. The predicted octanol–water partition coefficient (Wildman–Crippen LogP) is 6.57. The first-order valence-electron chi connectivity index (χ1n) is 10.2. The number of nitrogens with zero attached hydrogens (tertiary/aromatic N) is 1. The van der Waals surface area contributed by atoms with E-state index in [2.05, 4.69) is 22.6 Å². The summed E-state index contributed by atoms with van der Waals surface area (Å²) < 4.78 is 18.7. The molecule has 2 aromatic carbocycles. The summed E-state index contributed by atoms with van der Waals surface area (Å²) in [7, 11) is 1.58. The quantitative estimate of drug-likeness (QED) is 0.195. The van der Waals surface area contributed by atoms with Crippen LogP contribution in [0.3, 0.4) is 0 Å². The molecule has 2 aliphatic rings. The van der Waals surface area contributed by atoms with E-state index in [4.69, 9.17) is 49.6 Å². The van der Waals surface area contributed by atoms with Crippen molar-refractivity contribution < 1.29 is 19.0 Å². The Morgan fingerprint density at radius 2 is 2.15 bits per heavy atom. The number of methoxy groups -OCH3 is 1. The molecular weight excluding hydrogens is 616 g/mol. The first kappa shape index (κ1) is 25.1. The van der Waals surface area contributed by atoms with Gasteiger partial charge in [0.05, 0.1) is 28.2 Å². The molecule has 10 heteroatoms. The van der Waals surface area contributed by atoms with Crippen molar-refractivity contribution in [2.45, 2.75) is 25.6 Å². The Labute approximate surface area is 225 Å². The molecule has 4 rings (SSSR count). The lowest BCUT2D eigenvalue weighted by Crippen LogP contribution is -2.35. The molecule has 0 aliphatic carbocycles. The van der Waals surface area contributed by atoms with E-state index in [0.717, 1.165) is 34.1 Å². The third-order valence-corrected chi connectivity index (χ3v) is 7.99. The lowest BCUT2D eigenvalue weighted by molar-refractivity contribution is -0.123. The van der Waals surface area contributed by atoms with Crippen LogP contribution in [0.5, 0.6) is 11.5 Å². The van der Waals surface area contributed by atoms with Gasteiger partial charge in [-0.3, -0.25) is 9.69 Å². The normalized spacial score (nSPS) is 19.6. The van der Waals surface area contributed by atoms with Crippen LogP contribution in [0.25, 0.3) is 6.08 Å². The topological polar surface area (TPSA) is 48.0 Å². The van der Waals surface area contributed by atoms with E-state index < -0.39 is 0 Å². The maximum absolute atomic E-state index is 12.9. The van der Waals surface area contributed by atoms with Gasteiger partial charge in [0.25, 0.3) is 5.91 Å². The molecule has 2 fully saturated rings. The van der Waals surface area contributed by atoms with Gasteiger partial charge < -0.3 is 14.2 Å². The summed E-state index contributed by atoms with van der Waals surface area (Å²) in [4.78, 5) is 15.2. The molecule has 1 atom stereocenters. The molecule has 0 radical (unpaired) electrons. The van der Waals surface area contributed by atoms with E-state index in [1.54, 1.807) is 24.1 Å². The maximum atomic E-state index is 12.9. The fourth-order valence-corrected chi connectivity index (χ4v) is 6.07. The number of carbonyl (C=O) groups is 1. The van der Waals surface area contributed by atoms with Crippen molar-refractivity contribution in [1.29, 1.82) is 0 Å². The van der Waals surface area contributed by atoms with E-state index in [1.807, 2.05) is 24.3 Å². The van der Waals surface area contributed by atoms with Gasteiger partial charge in [-0.1, -0.05) is 53.2 Å². The van der Waals surface area contributed by atoms with Crippen LogP contribution in [0.15, 0.2) is 35.2 Å². The van der Waals surface area contributed by atoms with Gasteiger partial charge in [-0.05, 0) is 71.3 Å². The van der Waals surface area contributed by atoms with E-state index in [9.17, 15) is 4.79 Å². The van der Waals surface area contributed by atoms with E-state index >= 15 is 0 Å². The summed E-state index contributed by atoms with van der Waals surface area (Å²) >= 11 is 21.2. The Hall–Kier alpha value is -1.04. The van der Waals surface area contributed by atoms with Gasteiger partial charge >= 0.3 is 0 Å². The van der Waals surface area contributed by atoms with Crippen LogP contribution < -0.4 is 9.47 Å². The predicted molar refractivity (Wildman–Crippen MR) is 145 cm³/mol. The molecule has 0 spiro atoms. The molecule has 174 valence electrons. The summed E-state index contributed by atoms with van der Waals surface area (Å²) in [6.45, 7) is 1.51. The van der Waals surface area contributed by atoms with Crippen LogP contribution >= 0.6 is 69.8 Å². The van der Waals surface area contributed by atoms with Crippen LogP contribution in [0.1, 0.15) is 24.0 Å². The summed E-state index contributed by atoms with van der Waals surface area (Å²) in [5.41, 5.74) is 1.64. The average molecular weight is 636 g/mol. The molecular formula is C23H20Cl2INO4S2. The van der Waals surface area contributed by atoms with Gasteiger partial charge in [0.2, 0.25) is 0 Å². The molecule has 5 nitrogen and oxygen atoms in total. The number of thiocarbonyl (C=S) groups is 1. The SMILES string of the molecule is COc1cc(/C=C2\SC(=S)N(C[C@H]3CCCO3)C2=O)cc(I)c1OCc1ccc(Cl)cc1Cl. The highest BCUT2D eigenvalue weighted by atomic mass is 127. The maximum Gasteiger partial charge on any atom is 0.266 e. The zero-order chi connectivity index (χ0) is 23.5. The second kappa shape index (κ2) is 11.1. The van der Waals surface area contributed by atoms with Crippen molar-refractivity contribution in [3.8, 4) is 11.5 Å². The highest BCUT2D eigenvalue weighted by Crippen LogP contribution is 2.38. The molecule has 2 aliphatic heterocycles. The highest BCUT2D eigenvalue weighted by molar-refractivity contribution is 14.1. The molecule has 0 saturated carbocycles. The minimum Gasteiger partial charge on any atom is -0.493 e. The molecule has 2 aromatic rings. The number of halogens is 3. The molecule has 1 amide bonds. The average Bonchev–Trinajstić information content (AvgIpc) is 3.38. The van der Waals surface area contributed by atoms with E-state index in [-0.39, 0.29) is 18.6 Å². The highest BCUT2D eigenvalue weighted by Gasteiger charge is 2.34. The third-order valence-electron chi connectivity index (χ3n) is 5.22. The fraction of sp³-hybridized carbons (Fsp3) is 0.304. The van der Waals surface area contributed by atoms with Crippen molar-refractivity contribution in [3.05, 3.63) is 60.0 Å². The van der Waals surface area contributed by atoms with Crippen LogP contribution in [-0.4, -0.2) is 41.5 Å². The zero-order valence-electron chi connectivity index (χ0n) is 17.6. The molecule has 0 aromatic heterocycles. The number of carbonyl (C=O) groups excluding carboxylic acids is 1. The Bertz CT molecular complexity index is 1120. The van der Waals surface area contributed by atoms with Crippen molar-refractivity contribution in [2.24, 2.45) is 0 Å². The first-order valence-corrected chi connectivity index (χ1v) is 13.2. The minimum absolute atomic E-state index is 0.0541. The summed E-state index contributed by atoms with van der Waals surface area (Å²) in [6, 6.07) is 9.06. The summed E-state index contributed by atoms with van der Waals surface area (Å²) in [6.07, 6.45) is 3.86. The molecule has 0 bridgehead atoms. The van der Waals surface area contributed by atoms with Crippen LogP contribution in [0, 0.1) is 3.57 Å². The molecule has 0 unspecified atom stereocenters. The molecule has 2 heterocycles. The molecule has 0 N–H and O–H groups in total. The van der Waals surface area contributed by atoms with Gasteiger partial charge in [-0.2, -0.15) is 0 Å². The minimum atomic E-state index is -0.0906. The largest absolute Gasteiger partial charge is 0.493 e. The lowest BCUT2D eigenvalue weighted by Gasteiger charge is -2.18. The smallest absolute Gasteiger partial charge is 0.266 e. The van der Waals surface area contributed by atoms with Crippen molar-refractivity contribution in [2.75, 3.05) is 20.3 Å². The number of hydrogen-bond donors (Lipinski definition) is 0. The van der Waals surface area contributed by atoms with Gasteiger partial charge in [0, 0.05) is 22.2 Å². The number of thioether (sulfide) groups is 1. The Kier molecular flexibility index (Phi) is 8.46. The van der Waals surface area contributed by atoms with Crippen LogP contribution in [0.2, 0.25) is 10.0 Å². The van der Waals surface area contributed by atoms with Crippen molar-refractivity contribution >= 4 is 86.1 Å². The van der Waals surface area contributed by atoms with E-state index in [0.29, 0.717) is 37.3 Å². The molecule has 33 heavy (non-hydrogen) atoms. The second-order valence-electron chi connectivity index (χ2n) is 7.49. The van der Waals surface area contributed by atoms with E-state index in [1.165, 1.54) is 11.8 Å². The second-order valence-corrected chi connectivity index (χ2v) is 11.2. The Balaban J connectivity index is 1.51. The number of amides is 1. The number of ether oxygens (including phenoxy) is 3. The van der Waals surface area contributed by atoms with Crippen molar-refractivity contribution in [1.82, 2.24) is 4.90 Å². The van der Waals surface area contributed by atoms with Gasteiger partial charge in [-0.25, -0.2) is 0 Å². The van der Waals surface area contributed by atoms with Crippen LogP contribution in [-0.2, 0) is 16.1 Å². The first-order chi connectivity index (χ1) is 15.9. The molecule has 2 saturated heterocycles. The Morgan fingerprint density at radius 1 is 1.33 bits per heavy atom. The lowest BCUT2D eigenvalue weighted by atomic mass is 10.1.